The van der Waals surface area contributed by atoms with Crippen molar-refractivity contribution in [3.63, 3.8) is 0 Å². The molecule has 0 saturated heterocycles. The van der Waals surface area contributed by atoms with Gasteiger partial charge < -0.3 is 5.32 Å². The Morgan fingerprint density at radius 3 is 2.83 bits per heavy atom. The molecule has 2 N–H and O–H groups in total. The smallest absolute Gasteiger partial charge is 0.237 e. The van der Waals surface area contributed by atoms with Crippen molar-refractivity contribution in [3.8, 4) is 11.4 Å². The molecule has 0 aliphatic carbocycles. The summed E-state index contributed by atoms with van der Waals surface area (Å²) in [6.07, 6.45) is 4.92. The van der Waals surface area contributed by atoms with Crippen LogP contribution in [-0.4, -0.2) is 36.3 Å². The molecular weight excluding hydrogens is 348 g/mol. The van der Waals surface area contributed by atoms with E-state index in [1.165, 1.54) is 11.8 Å². The SMILES string of the molecule is C[C@@H](Sc1n[nH]c(-c2ccncc2)n1)C(=O)Nc1cccnc1Cl. The third-order valence-corrected chi connectivity index (χ3v) is 4.35. The Morgan fingerprint density at radius 2 is 2.08 bits per heavy atom. The van der Waals surface area contributed by atoms with Gasteiger partial charge in [-0.1, -0.05) is 23.4 Å². The van der Waals surface area contributed by atoms with Gasteiger partial charge in [-0.15, -0.1) is 5.10 Å². The minimum Gasteiger partial charge on any atom is -0.322 e. The summed E-state index contributed by atoms with van der Waals surface area (Å²) in [4.78, 5) is 24.5. The summed E-state index contributed by atoms with van der Waals surface area (Å²) in [5, 5.41) is 10.1. The predicted molar refractivity (Wildman–Crippen MR) is 92.8 cm³/mol. The average Bonchev–Trinajstić information content (AvgIpc) is 3.06. The largest absolute Gasteiger partial charge is 0.322 e. The lowest BCUT2D eigenvalue weighted by Crippen LogP contribution is -2.22. The molecule has 0 radical (unpaired) electrons. The van der Waals surface area contributed by atoms with Crippen molar-refractivity contribution in [2.24, 2.45) is 0 Å². The highest BCUT2D eigenvalue weighted by Crippen LogP contribution is 2.24. The number of hydrogen-bond donors (Lipinski definition) is 2. The second-order valence-electron chi connectivity index (χ2n) is 4.79. The number of thioether (sulfide) groups is 1. The molecule has 3 heterocycles. The van der Waals surface area contributed by atoms with Gasteiger partial charge in [0.05, 0.1) is 10.9 Å². The van der Waals surface area contributed by atoms with Crippen molar-refractivity contribution in [1.82, 2.24) is 25.1 Å². The normalized spacial score (nSPS) is 11.9. The van der Waals surface area contributed by atoms with E-state index < -0.39 is 5.25 Å². The molecule has 0 bridgehead atoms. The van der Waals surface area contributed by atoms with E-state index in [0.29, 0.717) is 16.7 Å². The van der Waals surface area contributed by atoms with Crippen LogP contribution in [0.3, 0.4) is 0 Å². The summed E-state index contributed by atoms with van der Waals surface area (Å²) in [5.41, 5.74) is 1.35. The minimum absolute atomic E-state index is 0.204. The monoisotopic (exact) mass is 360 g/mol. The van der Waals surface area contributed by atoms with Crippen LogP contribution in [0.15, 0.2) is 48.0 Å². The van der Waals surface area contributed by atoms with Gasteiger partial charge in [0.1, 0.15) is 0 Å². The topological polar surface area (TPSA) is 96.5 Å². The van der Waals surface area contributed by atoms with E-state index in [-0.39, 0.29) is 11.1 Å². The van der Waals surface area contributed by atoms with Crippen molar-refractivity contribution >= 4 is 35.0 Å². The Labute approximate surface area is 147 Å². The van der Waals surface area contributed by atoms with Crippen molar-refractivity contribution in [3.05, 3.63) is 48.0 Å². The number of amides is 1. The fraction of sp³-hybridized carbons (Fsp3) is 0.133. The first-order valence-corrected chi connectivity index (χ1v) is 8.30. The first kappa shape index (κ1) is 16.4. The van der Waals surface area contributed by atoms with E-state index in [9.17, 15) is 4.79 Å². The predicted octanol–water partition coefficient (Wildman–Crippen LogP) is 3.03. The summed E-state index contributed by atoms with van der Waals surface area (Å²) in [5.74, 6) is 0.424. The number of carbonyl (C=O) groups is 1. The van der Waals surface area contributed by atoms with Crippen LogP contribution in [0.25, 0.3) is 11.4 Å². The van der Waals surface area contributed by atoms with Gasteiger partial charge in [-0.2, -0.15) is 0 Å². The van der Waals surface area contributed by atoms with E-state index in [2.05, 4.69) is 30.5 Å². The summed E-state index contributed by atoms with van der Waals surface area (Å²) in [7, 11) is 0. The Kier molecular flexibility index (Phi) is 5.07. The molecule has 0 aliphatic rings. The molecule has 7 nitrogen and oxygen atoms in total. The van der Waals surface area contributed by atoms with Gasteiger partial charge in [0.15, 0.2) is 11.0 Å². The van der Waals surface area contributed by atoms with Gasteiger partial charge in [-0.25, -0.2) is 9.97 Å². The molecule has 0 fully saturated rings. The molecule has 0 unspecified atom stereocenters. The minimum atomic E-state index is -0.401. The first-order chi connectivity index (χ1) is 11.6. The fourth-order valence-corrected chi connectivity index (χ4v) is 2.75. The number of rotatable bonds is 5. The van der Waals surface area contributed by atoms with E-state index >= 15 is 0 Å². The third kappa shape index (κ3) is 3.90. The summed E-state index contributed by atoms with van der Waals surface area (Å²) in [6, 6.07) is 7.06. The Bertz CT molecular complexity index is 841. The van der Waals surface area contributed by atoms with Crippen LogP contribution in [0, 0.1) is 0 Å². The maximum absolute atomic E-state index is 12.3. The lowest BCUT2D eigenvalue weighted by atomic mass is 10.3. The average molecular weight is 361 g/mol. The standard InChI is InChI=1S/C15H13ClN6OS/c1-9(14(23)19-11-3-2-6-18-12(11)16)24-15-20-13(21-22-15)10-4-7-17-8-5-10/h2-9H,1H3,(H,19,23)(H,20,21,22)/t9-/m1/s1. The van der Waals surface area contributed by atoms with Gasteiger partial charge in [0, 0.05) is 24.2 Å². The molecule has 3 rings (SSSR count). The zero-order valence-corrected chi connectivity index (χ0v) is 14.2. The number of pyridine rings is 2. The summed E-state index contributed by atoms with van der Waals surface area (Å²) in [6.45, 7) is 1.77. The Balaban J connectivity index is 1.65. The van der Waals surface area contributed by atoms with Crippen molar-refractivity contribution in [2.45, 2.75) is 17.3 Å². The van der Waals surface area contributed by atoms with E-state index in [1.807, 2.05) is 12.1 Å². The highest BCUT2D eigenvalue weighted by molar-refractivity contribution is 8.00. The molecule has 0 aromatic carbocycles. The van der Waals surface area contributed by atoms with Crippen LogP contribution in [0.5, 0.6) is 0 Å². The fourth-order valence-electron chi connectivity index (χ4n) is 1.86. The van der Waals surface area contributed by atoms with Crippen LogP contribution in [0.2, 0.25) is 5.15 Å². The summed E-state index contributed by atoms with van der Waals surface area (Å²) < 4.78 is 0. The van der Waals surface area contributed by atoms with Crippen molar-refractivity contribution in [2.75, 3.05) is 5.32 Å². The van der Waals surface area contributed by atoms with E-state index in [4.69, 9.17) is 11.6 Å². The number of nitrogens with one attached hydrogen (secondary N) is 2. The molecule has 3 aromatic rings. The van der Waals surface area contributed by atoms with Gasteiger partial charge >= 0.3 is 0 Å². The first-order valence-electron chi connectivity index (χ1n) is 7.04. The van der Waals surface area contributed by atoms with Crippen LogP contribution >= 0.6 is 23.4 Å². The molecule has 1 amide bonds. The molecule has 0 spiro atoms. The van der Waals surface area contributed by atoms with Crippen LogP contribution in [0.1, 0.15) is 6.92 Å². The maximum Gasteiger partial charge on any atom is 0.237 e. The number of aromatic amines is 1. The van der Waals surface area contributed by atoms with Gasteiger partial charge in [-0.3, -0.25) is 14.9 Å². The number of halogens is 1. The number of carbonyl (C=O) groups excluding carboxylic acids is 1. The number of nitrogens with zero attached hydrogens (tertiary/aromatic N) is 4. The van der Waals surface area contributed by atoms with E-state index in [1.54, 1.807) is 37.6 Å². The number of hydrogen-bond acceptors (Lipinski definition) is 6. The molecule has 3 aromatic heterocycles. The summed E-state index contributed by atoms with van der Waals surface area (Å²) >= 11 is 7.18. The van der Waals surface area contributed by atoms with Crippen LogP contribution in [0.4, 0.5) is 5.69 Å². The molecule has 1 atom stereocenters. The quantitative estimate of drug-likeness (QED) is 0.536. The van der Waals surface area contributed by atoms with Crippen LogP contribution in [-0.2, 0) is 4.79 Å². The second-order valence-corrected chi connectivity index (χ2v) is 6.46. The van der Waals surface area contributed by atoms with Crippen LogP contribution < -0.4 is 5.32 Å². The van der Waals surface area contributed by atoms with Gasteiger partial charge in [0.2, 0.25) is 11.1 Å². The highest BCUT2D eigenvalue weighted by Gasteiger charge is 2.18. The Hall–Kier alpha value is -2.45. The molecule has 9 heteroatoms. The third-order valence-electron chi connectivity index (χ3n) is 3.09. The second kappa shape index (κ2) is 7.41. The van der Waals surface area contributed by atoms with Gasteiger partial charge in [0.25, 0.3) is 0 Å². The zero-order chi connectivity index (χ0) is 16.9. The molecule has 122 valence electrons. The van der Waals surface area contributed by atoms with Crippen molar-refractivity contribution < 1.29 is 4.79 Å². The van der Waals surface area contributed by atoms with E-state index in [0.717, 1.165) is 5.56 Å². The lowest BCUT2D eigenvalue weighted by molar-refractivity contribution is -0.115. The lowest BCUT2D eigenvalue weighted by Gasteiger charge is -2.10. The maximum atomic E-state index is 12.3. The highest BCUT2D eigenvalue weighted by atomic mass is 35.5. The number of anilines is 1. The number of aromatic nitrogens is 5. The van der Waals surface area contributed by atoms with Gasteiger partial charge in [-0.05, 0) is 31.2 Å². The number of H-pyrrole nitrogens is 1. The molecule has 24 heavy (non-hydrogen) atoms. The molecule has 0 aliphatic heterocycles. The molecule has 0 saturated carbocycles. The zero-order valence-electron chi connectivity index (χ0n) is 12.6. The molecular formula is C15H13ClN6OS. The van der Waals surface area contributed by atoms with Crippen molar-refractivity contribution in [1.29, 1.82) is 0 Å². The Morgan fingerprint density at radius 1 is 1.29 bits per heavy atom.